The fraction of sp³-hybridized carbons (Fsp3) is 0.105. The van der Waals surface area contributed by atoms with Gasteiger partial charge in [0.25, 0.3) is 5.56 Å². The van der Waals surface area contributed by atoms with E-state index < -0.39 is 0 Å². The zero-order chi connectivity index (χ0) is 18.6. The third-order valence-corrected chi connectivity index (χ3v) is 5.26. The Hall–Kier alpha value is -2.90. The quantitative estimate of drug-likeness (QED) is 0.515. The lowest BCUT2D eigenvalue weighted by molar-refractivity contribution is 0.757. The summed E-state index contributed by atoms with van der Waals surface area (Å²) in [6.07, 6.45) is 5.26. The molecule has 4 heterocycles. The molecule has 136 valence electrons. The molecular formula is C19H16ClN5OS. The number of pyridine rings is 2. The number of aromatic amines is 1. The number of nitrogens with zero attached hydrogens (tertiary/aromatic N) is 3. The van der Waals surface area contributed by atoms with E-state index in [0.29, 0.717) is 18.9 Å². The van der Waals surface area contributed by atoms with Crippen molar-refractivity contribution in [3.8, 4) is 11.3 Å². The summed E-state index contributed by atoms with van der Waals surface area (Å²) in [5.74, 6) is 0.717. The van der Waals surface area contributed by atoms with Crippen molar-refractivity contribution in [3.63, 3.8) is 0 Å². The average Bonchev–Trinajstić information content (AvgIpc) is 3.31. The Kier molecular flexibility index (Phi) is 5.04. The number of thiophene rings is 1. The Morgan fingerprint density at radius 1 is 1.22 bits per heavy atom. The van der Waals surface area contributed by atoms with E-state index in [4.69, 9.17) is 11.6 Å². The SMILES string of the molecule is O=c1cc(-c2cc(NCc3ccc(Cl)s3)n[nH]2)ccn1Cc1cccnc1. The molecule has 0 aliphatic heterocycles. The zero-order valence-corrected chi connectivity index (χ0v) is 15.8. The molecule has 0 aliphatic rings. The molecule has 0 aromatic carbocycles. The fourth-order valence-corrected chi connectivity index (χ4v) is 3.71. The second-order valence-electron chi connectivity index (χ2n) is 5.97. The first-order chi connectivity index (χ1) is 13.2. The summed E-state index contributed by atoms with van der Waals surface area (Å²) in [6, 6.07) is 13.0. The lowest BCUT2D eigenvalue weighted by Crippen LogP contribution is -2.19. The lowest BCUT2D eigenvalue weighted by atomic mass is 10.2. The molecule has 6 nitrogen and oxygen atoms in total. The number of halogens is 1. The highest BCUT2D eigenvalue weighted by Gasteiger charge is 2.07. The highest BCUT2D eigenvalue weighted by atomic mass is 35.5. The largest absolute Gasteiger partial charge is 0.364 e. The van der Waals surface area contributed by atoms with Gasteiger partial charge in [-0.15, -0.1) is 11.3 Å². The first-order valence-corrected chi connectivity index (χ1v) is 9.50. The summed E-state index contributed by atoms with van der Waals surface area (Å²) >= 11 is 7.47. The number of rotatable bonds is 6. The van der Waals surface area contributed by atoms with Crippen LogP contribution >= 0.6 is 22.9 Å². The fourth-order valence-electron chi connectivity index (χ4n) is 2.68. The van der Waals surface area contributed by atoms with Crippen LogP contribution in [0.25, 0.3) is 11.3 Å². The molecule has 27 heavy (non-hydrogen) atoms. The van der Waals surface area contributed by atoms with Crippen LogP contribution in [0.15, 0.2) is 65.8 Å². The molecule has 0 saturated carbocycles. The normalized spacial score (nSPS) is 10.9. The van der Waals surface area contributed by atoms with E-state index in [-0.39, 0.29) is 5.56 Å². The van der Waals surface area contributed by atoms with Crippen LogP contribution in [0, 0.1) is 0 Å². The Balaban J connectivity index is 1.46. The van der Waals surface area contributed by atoms with Crippen LogP contribution in [0.5, 0.6) is 0 Å². The minimum absolute atomic E-state index is 0.0753. The van der Waals surface area contributed by atoms with Crippen molar-refractivity contribution < 1.29 is 0 Å². The molecule has 0 bridgehead atoms. The summed E-state index contributed by atoms with van der Waals surface area (Å²) in [6.45, 7) is 1.14. The molecule has 4 aromatic rings. The van der Waals surface area contributed by atoms with E-state index in [9.17, 15) is 4.79 Å². The molecular weight excluding hydrogens is 382 g/mol. The molecule has 0 aliphatic carbocycles. The maximum Gasteiger partial charge on any atom is 0.251 e. The average molecular weight is 398 g/mol. The van der Waals surface area contributed by atoms with Crippen LogP contribution in [0.3, 0.4) is 0 Å². The third kappa shape index (κ3) is 4.27. The van der Waals surface area contributed by atoms with Crippen molar-refractivity contribution in [2.45, 2.75) is 13.1 Å². The van der Waals surface area contributed by atoms with Crippen molar-refractivity contribution >= 4 is 28.8 Å². The molecule has 0 radical (unpaired) electrons. The number of hydrogen-bond donors (Lipinski definition) is 2. The maximum atomic E-state index is 12.4. The summed E-state index contributed by atoms with van der Waals surface area (Å²) in [4.78, 5) is 17.6. The second kappa shape index (κ2) is 7.77. The molecule has 2 N–H and O–H groups in total. The summed E-state index contributed by atoms with van der Waals surface area (Å²) in [5, 5.41) is 10.5. The molecule has 0 atom stereocenters. The third-order valence-electron chi connectivity index (χ3n) is 4.03. The van der Waals surface area contributed by atoms with E-state index in [1.807, 2.05) is 36.4 Å². The van der Waals surface area contributed by atoms with Crippen molar-refractivity contribution in [2.75, 3.05) is 5.32 Å². The van der Waals surface area contributed by atoms with Crippen molar-refractivity contribution in [2.24, 2.45) is 0 Å². The summed E-state index contributed by atoms with van der Waals surface area (Å²) in [5.41, 5.74) is 2.48. The van der Waals surface area contributed by atoms with Gasteiger partial charge < -0.3 is 9.88 Å². The number of nitrogens with one attached hydrogen (secondary N) is 2. The number of hydrogen-bond acceptors (Lipinski definition) is 5. The van der Waals surface area contributed by atoms with Gasteiger partial charge >= 0.3 is 0 Å². The van der Waals surface area contributed by atoms with Gasteiger partial charge in [0, 0.05) is 41.2 Å². The van der Waals surface area contributed by atoms with Crippen LogP contribution in [-0.4, -0.2) is 19.7 Å². The Morgan fingerprint density at radius 3 is 2.89 bits per heavy atom. The highest BCUT2D eigenvalue weighted by Crippen LogP contribution is 2.23. The minimum Gasteiger partial charge on any atom is -0.364 e. The standard InChI is InChI=1S/C19H16ClN5OS/c20-17-4-3-15(27-17)11-22-18-9-16(23-24-18)14-5-7-25(19(26)8-14)12-13-2-1-6-21-10-13/h1-10H,11-12H2,(H2,22,23,24). The first kappa shape index (κ1) is 17.5. The number of H-pyrrole nitrogens is 1. The first-order valence-electron chi connectivity index (χ1n) is 8.31. The van der Waals surface area contributed by atoms with Gasteiger partial charge in [0.15, 0.2) is 0 Å². The van der Waals surface area contributed by atoms with Gasteiger partial charge in [0.2, 0.25) is 0 Å². The summed E-state index contributed by atoms with van der Waals surface area (Å²) in [7, 11) is 0. The zero-order valence-electron chi connectivity index (χ0n) is 14.2. The van der Waals surface area contributed by atoms with Crippen LogP contribution < -0.4 is 10.9 Å². The van der Waals surface area contributed by atoms with E-state index in [1.54, 1.807) is 29.2 Å². The van der Waals surface area contributed by atoms with Crippen molar-refractivity contribution in [1.29, 1.82) is 0 Å². The molecule has 8 heteroatoms. The van der Waals surface area contributed by atoms with E-state index >= 15 is 0 Å². The van der Waals surface area contributed by atoms with Crippen LogP contribution in [0.4, 0.5) is 5.82 Å². The Morgan fingerprint density at radius 2 is 2.15 bits per heavy atom. The van der Waals surface area contributed by atoms with Crippen LogP contribution in [0.1, 0.15) is 10.4 Å². The van der Waals surface area contributed by atoms with Crippen molar-refractivity contribution in [1.82, 2.24) is 19.7 Å². The van der Waals surface area contributed by atoms with Gasteiger partial charge in [-0.25, -0.2) is 0 Å². The number of anilines is 1. The Bertz CT molecular complexity index is 1100. The monoisotopic (exact) mass is 397 g/mol. The molecule has 4 rings (SSSR count). The smallest absolute Gasteiger partial charge is 0.251 e. The van der Waals surface area contributed by atoms with E-state index in [0.717, 1.165) is 26.0 Å². The van der Waals surface area contributed by atoms with Gasteiger partial charge in [0.05, 0.1) is 23.1 Å². The molecule has 4 aromatic heterocycles. The van der Waals surface area contributed by atoms with E-state index in [2.05, 4.69) is 20.5 Å². The molecule has 0 unspecified atom stereocenters. The van der Waals surface area contributed by atoms with Gasteiger partial charge in [-0.05, 0) is 29.8 Å². The molecule has 0 fully saturated rings. The molecule has 0 spiro atoms. The molecule has 0 amide bonds. The Labute approximate surface area is 164 Å². The molecule has 0 saturated heterocycles. The number of aromatic nitrogens is 4. The lowest BCUT2D eigenvalue weighted by Gasteiger charge is -2.06. The predicted molar refractivity (Wildman–Crippen MR) is 108 cm³/mol. The maximum absolute atomic E-state index is 12.4. The van der Waals surface area contributed by atoms with Gasteiger partial charge in [-0.1, -0.05) is 17.7 Å². The van der Waals surface area contributed by atoms with Gasteiger partial charge in [-0.3, -0.25) is 14.9 Å². The van der Waals surface area contributed by atoms with Crippen LogP contribution in [-0.2, 0) is 13.1 Å². The highest BCUT2D eigenvalue weighted by molar-refractivity contribution is 7.16. The van der Waals surface area contributed by atoms with Gasteiger partial charge in [-0.2, -0.15) is 5.10 Å². The van der Waals surface area contributed by atoms with Crippen molar-refractivity contribution in [3.05, 3.63) is 86.2 Å². The predicted octanol–water partition coefficient (Wildman–Crippen LogP) is 4.01. The van der Waals surface area contributed by atoms with Gasteiger partial charge in [0.1, 0.15) is 5.82 Å². The summed E-state index contributed by atoms with van der Waals surface area (Å²) < 4.78 is 2.41. The van der Waals surface area contributed by atoms with Crippen LogP contribution in [0.2, 0.25) is 4.34 Å². The second-order valence-corrected chi connectivity index (χ2v) is 7.77. The topological polar surface area (TPSA) is 75.6 Å². The van der Waals surface area contributed by atoms with E-state index in [1.165, 1.54) is 11.3 Å². The minimum atomic E-state index is -0.0753.